The number of aliphatic hydroxyl groups is 2. The van der Waals surface area contributed by atoms with E-state index in [-0.39, 0.29) is 0 Å². The van der Waals surface area contributed by atoms with E-state index < -0.39 is 44.9 Å². The Bertz CT molecular complexity index is 286. The van der Waals surface area contributed by atoms with Crippen LogP contribution in [0.1, 0.15) is 6.92 Å². The molecule has 96 valence electrons. The van der Waals surface area contributed by atoms with Gasteiger partial charge in [0, 0.05) is 6.54 Å². The molecule has 0 spiro atoms. The zero-order valence-electron chi connectivity index (χ0n) is 8.52. The van der Waals surface area contributed by atoms with Crippen LogP contribution in [-0.2, 0) is 9.30 Å². The van der Waals surface area contributed by atoms with Crippen LogP contribution in [0, 0.1) is 0 Å². The summed E-state index contributed by atoms with van der Waals surface area (Å²) in [5, 5.41) is 20.4. The summed E-state index contributed by atoms with van der Waals surface area (Å²) in [7, 11) is -4.44. The summed E-state index contributed by atoms with van der Waals surface area (Å²) in [5.41, 5.74) is 0. The highest BCUT2D eigenvalue weighted by Crippen LogP contribution is 2.29. The predicted molar refractivity (Wildman–Crippen MR) is 51.3 cm³/mol. The minimum absolute atomic E-state index is 0.400. The van der Waals surface area contributed by atoms with Crippen LogP contribution in [0.2, 0.25) is 0 Å². The Morgan fingerprint density at radius 1 is 1.38 bits per heavy atom. The Morgan fingerprint density at radius 3 is 2.44 bits per heavy atom. The third-order valence-corrected chi connectivity index (χ3v) is 3.00. The minimum Gasteiger partial charge on any atom is -0.387 e. The molecule has 0 saturated carbocycles. The molecule has 0 aromatic carbocycles. The van der Waals surface area contributed by atoms with Crippen LogP contribution < -0.4 is 5.09 Å². The molecule has 0 amide bonds. The van der Waals surface area contributed by atoms with Crippen molar-refractivity contribution < 1.29 is 33.7 Å². The quantitative estimate of drug-likeness (QED) is 0.392. The Hall–Kier alpha value is -0.0800. The Balaban J connectivity index is 2.57. The van der Waals surface area contributed by atoms with Crippen LogP contribution in [0.3, 0.4) is 0 Å². The van der Waals surface area contributed by atoms with Crippen LogP contribution in [0.4, 0.5) is 4.39 Å². The van der Waals surface area contributed by atoms with Crippen molar-refractivity contribution in [1.82, 2.24) is 5.09 Å². The summed E-state index contributed by atoms with van der Waals surface area (Å²) in [6.45, 7) is 1.01. The average Bonchev–Trinajstić information content (AvgIpc) is 2.17. The first-order valence-electron chi connectivity index (χ1n) is 4.68. The number of alkyl halides is 1. The van der Waals surface area contributed by atoms with Crippen molar-refractivity contribution in [3.8, 4) is 0 Å². The number of rotatable bonds is 3. The first-order chi connectivity index (χ1) is 7.22. The number of ether oxygens (including phenoxy) is 1. The number of aliphatic hydroxyl groups excluding tert-OH is 2. The number of hydrogen-bond acceptors (Lipinski definition) is 4. The zero-order valence-corrected chi connectivity index (χ0v) is 9.42. The Kier molecular flexibility index (Phi) is 4.42. The van der Waals surface area contributed by atoms with Gasteiger partial charge in [-0.3, -0.25) is 0 Å². The van der Waals surface area contributed by atoms with Crippen LogP contribution in [0.25, 0.3) is 0 Å². The summed E-state index contributed by atoms with van der Waals surface area (Å²) in [6, 6.07) is 0. The lowest BCUT2D eigenvalue weighted by molar-refractivity contribution is -0.195. The van der Waals surface area contributed by atoms with Gasteiger partial charge in [0.1, 0.15) is 12.2 Å². The molecular formula is C7H15FNO6P. The van der Waals surface area contributed by atoms with Gasteiger partial charge in [-0.25, -0.2) is 14.0 Å². The topological polar surface area (TPSA) is 119 Å². The fraction of sp³-hybridized carbons (Fsp3) is 1.00. The monoisotopic (exact) mass is 259 g/mol. The van der Waals surface area contributed by atoms with Gasteiger partial charge in [0.15, 0.2) is 6.17 Å². The van der Waals surface area contributed by atoms with Crippen molar-refractivity contribution in [3.63, 3.8) is 0 Å². The van der Waals surface area contributed by atoms with Gasteiger partial charge in [0.25, 0.3) is 0 Å². The lowest BCUT2D eigenvalue weighted by Crippen LogP contribution is -2.57. The van der Waals surface area contributed by atoms with Gasteiger partial charge in [-0.05, 0) is 6.92 Å². The van der Waals surface area contributed by atoms with Crippen molar-refractivity contribution in [3.05, 3.63) is 0 Å². The molecule has 7 nitrogen and oxygen atoms in total. The van der Waals surface area contributed by atoms with Crippen molar-refractivity contribution >= 4 is 7.75 Å². The summed E-state index contributed by atoms with van der Waals surface area (Å²) in [6.07, 6.45) is -6.91. The predicted octanol–water partition coefficient (Wildman–Crippen LogP) is -1.48. The molecule has 1 heterocycles. The third kappa shape index (κ3) is 3.46. The van der Waals surface area contributed by atoms with Crippen LogP contribution in [0.15, 0.2) is 0 Å². The van der Waals surface area contributed by atoms with Gasteiger partial charge in [-0.15, -0.1) is 0 Å². The Morgan fingerprint density at radius 2 is 1.94 bits per heavy atom. The second-order valence-corrected chi connectivity index (χ2v) is 5.12. The largest absolute Gasteiger partial charge is 0.400 e. The van der Waals surface area contributed by atoms with Gasteiger partial charge in [0.2, 0.25) is 0 Å². The summed E-state index contributed by atoms with van der Waals surface area (Å²) < 4.78 is 28.8. The molecule has 16 heavy (non-hydrogen) atoms. The van der Waals surface area contributed by atoms with Crippen molar-refractivity contribution in [2.75, 3.05) is 6.54 Å². The maximum Gasteiger partial charge on any atom is 0.400 e. The minimum atomic E-state index is -4.44. The van der Waals surface area contributed by atoms with Crippen LogP contribution in [0.5, 0.6) is 0 Å². The molecule has 1 aliphatic heterocycles. The maximum absolute atomic E-state index is 13.3. The molecule has 1 rings (SSSR count). The highest BCUT2D eigenvalue weighted by molar-refractivity contribution is 7.49. The van der Waals surface area contributed by atoms with Crippen molar-refractivity contribution in [2.45, 2.75) is 37.5 Å². The molecule has 0 aromatic rings. The van der Waals surface area contributed by atoms with E-state index in [0.29, 0.717) is 0 Å². The molecule has 9 heteroatoms. The maximum atomic E-state index is 13.3. The van der Waals surface area contributed by atoms with Gasteiger partial charge >= 0.3 is 7.75 Å². The van der Waals surface area contributed by atoms with Crippen LogP contribution in [-0.4, -0.2) is 57.1 Å². The second-order valence-electron chi connectivity index (χ2n) is 3.71. The molecule has 1 saturated heterocycles. The molecule has 5 N–H and O–H groups in total. The smallest absolute Gasteiger partial charge is 0.387 e. The highest BCUT2D eigenvalue weighted by atomic mass is 31.2. The first kappa shape index (κ1) is 14.0. The SMILES string of the molecule is CC1OC(CNP(=O)(O)O)[C@@H](O)C(F)[C@@H]1O. The normalized spacial score (nSPS) is 41.0. The van der Waals surface area contributed by atoms with Crippen LogP contribution >= 0.6 is 7.75 Å². The molecule has 0 radical (unpaired) electrons. The lowest BCUT2D eigenvalue weighted by Gasteiger charge is -2.38. The molecule has 3 unspecified atom stereocenters. The molecule has 5 atom stereocenters. The molecule has 0 aromatic heterocycles. The number of hydrogen-bond donors (Lipinski definition) is 5. The molecule has 0 bridgehead atoms. The van der Waals surface area contributed by atoms with Gasteiger partial charge < -0.3 is 24.7 Å². The van der Waals surface area contributed by atoms with E-state index in [1.807, 2.05) is 5.09 Å². The highest BCUT2D eigenvalue weighted by Gasteiger charge is 2.43. The standard InChI is InChI=1S/C7H15FNO6P/c1-3-6(10)5(8)7(11)4(15-3)2-9-16(12,13)14/h3-7,10-11H,2H2,1H3,(H3,9,12,13,14)/t3?,4?,5?,6-,7-/m1/s1. The van der Waals surface area contributed by atoms with E-state index in [1.54, 1.807) is 0 Å². The fourth-order valence-electron chi connectivity index (χ4n) is 1.48. The zero-order chi connectivity index (χ0) is 12.5. The lowest BCUT2D eigenvalue weighted by atomic mass is 9.97. The fourth-order valence-corrected chi connectivity index (χ4v) is 1.90. The van der Waals surface area contributed by atoms with E-state index >= 15 is 0 Å². The van der Waals surface area contributed by atoms with Crippen molar-refractivity contribution in [1.29, 1.82) is 0 Å². The van der Waals surface area contributed by atoms with E-state index in [0.717, 1.165) is 0 Å². The van der Waals surface area contributed by atoms with Gasteiger partial charge in [0.05, 0.1) is 12.2 Å². The summed E-state index contributed by atoms with van der Waals surface area (Å²) >= 11 is 0. The summed E-state index contributed by atoms with van der Waals surface area (Å²) in [4.78, 5) is 17.1. The first-order valence-corrected chi connectivity index (χ1v) is 6.30. The number of nitrogens with one attached hydrogen (secondary N) is 1. The third-order valence-electron chi connectivity index (χ3n) is 2.40. The van der Waals surface area contributed by atoms with E-state index in [2.05, 4.69) is 0 Å². The number of halogens is 1. The van der Waals surface area contributed by atoms with E-state index in [1.165, 1.54) is 6.92 Å². The van der Waals surface area contributed by atoms with E-state index in [4.69, 9.17) is 14.5 Å². The molecule has 0 aliphatic carbocycles. The molecular weight excluding hydrogens is 244 g/mol. The summed E-state index contributed by atoms with van der Waals surface area (Å²) in [5.74, 6) is 0. The Labute approximate surface area is 91.4 Å². The molecule has 1 fully saturated rings. The second kappa shape index (κ2) is 5.05. The average molecular weight is 259 g/mol. The van der Waals surface area contributed by atoms with E-state index in [9.17, 15) is 19.2 Å². The van der Waals surface area contributed by atoms with Gasteiger partial charge in [-0.1, -0.05) is 0 Å². The molecule has 1 aliphatic rings. The van der Waals surface area contributed by atoms with Crippen molar-refractivity contribution in [2.24, 2.45) is 0 Å². The van der Waals surface area contributed by atoms with Gasteiger partial charge in [-0.2, -0.15) is 0 Å².